The van der Waals surface area contributed by atoms with E-state index in [4.69, 9.17) is 16.3 Å². The van der Waals surface area contributed by atoms with Gasteiger partial charge in [0.25, 0.3) is 0 Å². The molecular weight excluding hydrogens is 280 g/mol. The maximum absolute atomic E-state index is 11.8. The number of carbonyl (C=O) groups excluding carboxylic acids is 2. The number of hydrogen-bond acceptors (Lipinski definition) is 3. The molecule has 1 fully saturated rings. The summed E-state index contributed by atoms with van der Waals surface area (Å²) in [6.45, 7) is 2.19. The smallest absolute Gasteiger partial charge is 0.248 e. The maximum Gasteiger partial charge on any atom is 0.248 e. The van der Waals surface area contributed by atoms with Crippen molar-refractivity contribution < 1.29 is 14.3 Å². The molecule has 1 aromatic rings. The van der Waals surface area contributed by atoms with E-state index in [2.05, 4.69) is 5.32 Å². The van der Waals surface area contributed by atoms with Crippen molar-refractivity contribution in [3.63, 3.8) is 0 Å². The molecule has 2 rings (SSSR count). The highest BCUT2D eigenvalue weighted by Crippen LogP contribution is 2.13. The van der Waals surface area contributed by atoms with Gasteiger partial charge in [0.1, 0.15) is 0 Å². The van der Waals surface area contributed by atoms with Gasteiger partial charge in [-0.05, 0) is 24.3 Å². The Morgan fingerprint density at radius 2 is 1.80 bits per heavy atom. The average Bonchev–Trinajstić information content (AvgIpc) is 2.48. The standard InChI is InChI=1S/C14H15ClN2O3/c15-11-1-3-12(4-2-11)16-13(18)5-6-14(19)17-7-9-20-10-8-17/h1-6H,7-10H2,(H,16,18)/b6-5-. The van der Waals surface area contributed by atoms with E-state index in [-0.39, 0.29) is 11.8 Å². The number of amides is 2. The van der Waals surface area contributed by atoms with Gasteiger partial charge in [0.15, 0.2) is 0 Å². The lowest BCUT2D eigenvalue weighted by atomic mass is 10.3. The highest BCUT2D eigenvalue weighted by Gasteiger charge is 2.14. The molecule has 0 atom stereocenters. The molecule has 1 N–H and O–H groups in total. The van der Waals surface area contributed by atoms with E-state index in [0.29, 0.717) is 37.0 Å². The maximum atomic E-state index is 11.8. The van der Waals surface area contributed by atoms with Gasteiger partial charge in [0.05, 0.1) is 13.2 Å². The predicted octanol–water partition coefficient (Wildman–Crippen LogP) is 1.69. The Bertz CT molecular complexity index is 508. The summed E-state index contributed by atoms with van der Waals surface area (Å²) in [5, 5.41) is 3.25. The van der Waals surface area contributed by atoms with Gasteiger partial charge in [-0.2, -0.15) is 0 Å². The Hall–Kier alpha value is -1.85. The third kappa shape index (κ3) is 4.36. The van der Waals surface area contributed by atoms with E-state index in [0.717, 1.165) is 0 Å². The third-order valence-electron chi connectivity index (χ3n) is 2.81. The van der Waals surface area contributed by atoms with Crippen LogP contribution in [0.25, 0.3) is 0 Å². The second kappa shape index (κ2) is 7.07. The molecule has 1 heterocycles. The summed E-state index contributed by atoms with van der Waals surface area (Å²) in [6, 6.07) is 6.75. The second-order valence-electron chi connectivity index (χ2n) is 4.27. The van der Waals surface area contributed by atoms with Crippen LogP contribution in [0.4, 0.5) is 5.69 Å². The summed E-state index contributed by atoms with van der Waals surface area (Å²) >= 11 is 5.75. The highest BCUT2D eigenvalue weighted by atomic mass is 35.5. The van der Waals surface area contributed by atoms with Crippen LogP contribution >= 0.6 is 11.6 Å². The fraction of sp³-hybridized carbons (Fsp3) is 0.286. The quantitative estimate of drug-likeness (QED) is 0.863. The topological polar surface area (TPSA) is 58.6 Å². The number of nitrogens with one attached hydrogen (secondary N) is 1. The van der Waals surface area contributed by atoms with Crippen LogP contribution in [-0.4, -0.2) is 43.0 Å². The lowest BCUT2D eigenvalue weighted by Gasteiger charge is -2.25. The van der Waals surface area contributed by atoms with Crippen LogP contribution in [-0.2, 0) is 14.3 Å². The van der Waals surface area contributed by atoms with Crippen molar-refractivity contribution in [2.24, 2.45) is 0 Å². The van der Waals surface area contributed by atoms with Gasteiger partial charge in [-0.15, -0.1) is 0 Å². The Balaban J connectivity index is 1.85. The first-order valence-electron chi connectivity index (χ1n) is 6.26. The Kier molecular flexibility index (Phi) is 5.15. The van der Waals surface area contributed by atoms with Crippen LogP contribution in [0.2, 0.25) is 5.02 Å². The average molecular weight is 295 g/mol. The predicted molar refractivity (Wildman–Crippen MR) is 76.6 cm³/mol. The van der Waals surface area contributed by atoms with Crippen molar-refractivity contribution in [1.29, 1.82) is 0 Å². The van der Waals surface area contributed by atoms with Gasteiger partial charge in [0, 0.05) is 36.0 Å². The number of halogens is 1. The van der Waals surface area contributed by atoms with Crippen LogP contribution < -0.4 is 5.32 Å². The zero-order valence-electron chi connectivity index (χ0n) is 10.8. The molecule has 1 aliphatic heterocycles. The normalized spacial score (nSPS) is 15.3. The number of nitrogens with zero attached hydrogens (tertiary/aromatic N) is 1. The molecule has 1 aromatic carbocycles. The largest absolute Gasteiger partial charge is 0.378 e. The molecule has 2 amide bonds. The van der Waals surface area contributed by atoms with Crippen LogP contribution in [0.5, 0.6) is 0 Å². The Morgan fingerprint density at radius 3 is 2.45 bits per heavy atom. The summed E-state index contributed by atoms with van der Waals surface area (Å²) < 4.78 is 5.16. The van der Waals surface area contributed by atoms with Gasteiger partial charge >= 0.3 is 0 Å². The van der Waals surface area contributed by atoms with Gasteiger partial charge < -0.3 is 15.0 Å². The van der Waals surface area contributed by atoms with Crippen molar-refractivity contribution in [1.82, 2.24) is 4.90 Å². The molecule has 0 aliphatic carbocycles. The molecule has 106 valence electrons. The number of rotatable bonds is 3. The van der Waals surface area contributed by atoms with Crippen LogP contribution in [0, 0.1) is 0 Å². The molecule has 0 radical (unpaired) electrons. The first-order valence-corrected chi connectivity index (χ1v) is 6.64. The van der Waals surface area contributed by atoms with Crippen molar-refractivity contribution in [2.45, 2.75) is 0 Å². The van der Waals surface area contributed by atoms with E-state index < -0.39 is 0 Å². The monoisotopic (exact) mass is 294 g/mol. The minimum Gasteiger partial charge on any atom is -0.378 e. The number of benzene rings is 1. The zero-order chi connectivity index (χ0) is 14.4. The fourth-order valence-electron chi connectivity index (χ4n) is 1.75. The molecule has 1 aliphatic rings. The molecule has 0 unspecified atom stereocenters. The Morgan fingerprint density at radius 1 is 1.15 bits per heavy atom. The van der Waals surface area contributed by atoms with Gasteiger partial charge in [0.2, 0.25) is 11.8 Å². The number of anilines is 1. The Labute approximate surface area is 122 Å². The van der Waals surface area contributed by atoms with E-state index in [1.807, 2.05) is 0 Å². The minimum atomic E-state index is -0.353. The fourth-order valence-corrected chi connectivity index (χ4v) is 1.88. The van der Waals surface area contributed by atoms with E-state index in [1.54, 1.807) is 29.2 Å². The van der Waals surface area contributed by atoms with Gasteiger partial charge in [-0.3, -0.25) is 9.59 Å². The van der Waals surface area contributed by atoms with Gasteiger partial charge in [-0.25, -0.2) is 0 Å². The first kappa shape index (κ1) is 14.6. The molecular formula is C14H15ClN2O3. The number of ether oxygens (including phenoxy) is 1. The summed E-state index contributed by atoms with van der Waals surface area (Å²) in [7, 11) is 0. The summed E-state index contributed by atoms with van der Waals surface area (Å²) in [5.41, 5.74) is 0.628. The van der Waals surface area contributed by atoms with Crippen molar-refractivity contribution in [3.8, 4) is 0 Å². The molecule has 0 bridgehead atoms. The summed E-state index contributed by atoms with van der Waals surface area (Å²) in [4.78, 5) is 25.1. The third-order valence-corrected chi connectivity index (χ3v) is 3.06. The summed E-state index contributed by atoms with van der Waals surface area (Å²) in [5.74, 6) is -0.534. The van der Waals surface area contributed by atoms with Crippen LogP contribution in [0.1, 0.15) is 0 Å². The highest BCUT2D eigenvalue weighted by molar-refractivity contribution is 6.30. The molecule has 20 heavy (non-hydrogen) atoms. The number of morpholine rings is 1. The first-order chi connectivity index (χ1) is 9.65. The van der Waals surface area contributed by atoms with Crippen LogP contribution in [0.15, 0.2) is 36.4 Å². The van der Waals surface area contributed by atoms with Crippen molar-refractivity contribution >= 4 is 29.1 Å². The molecule has 5 nitrogen and oxygen atoms in total. The number of carbonyl (C=O) groups is 2. The van der Waals surface area contributed by atoms with Crippen LogP contribution in [0.3, 0.4) is 0 Å². The van der Waals surface area contributed by atoms with Gasteiger partial charge in [-0.1, -0.05) is 11.6 Å². The van der Waals surface area contributed by atoms with E-state index in [9.17, 15) is 9.59 Å². The molecule has 0 aromatic heterocycles. The van der Waals surface area contributed by atoms with Crippen molar-refractivity contribution in [3.05, 3.63) is 41.4 Å². The van der Waals surface area contributed by atoms with E-state index >= 15 is 0 Å². The van der Waals surface area contributed by atoms with Crippen molar-refractivity contribution in [2.75, 3.05) is 31.6 Å². The lowest BCUT2D eigenvalue weighted by Crippen LogP contribution is -2.39. The molecule has 0 saturated carbocycles. The lowest BCUT2D eigenvalue weighted by molar-refractivity contribution is -0.130. The number of hydrogen-bond donors (Lipinski definition) is 1. The minimum absolute atomic E-state index is 0.181. The zero-order valence-corrected chi connectivity index (χ0v) is 11.6. The van der Waals surface area contributed by atoms with E-state index in [1.165, 1.54) is 12.2 Å². The molecule has 0 spiro atoms. The SMILES string of the molecule is O=C(/C=C\C(=O)N1CCOCC1)Nc1ccc(Cl)cc1. The molecule has 6 heteroatoms. The summed E-state index contributed by atoms with van der Waals surface area (Å²) in [6.07, 6.45) is 2.50. The molecule has 1 saturated heterocycles. The second-order valence-corrected chi connectivity index (χ2v) is 4.70.